The summed E-state index contributed by atoms with van der Waals surface area (Å²) in [5, 5.41) is 0.824. The third kappa shape index (κ3) is 5.53. The highest BCUT2D eigenvalue weighted by atomic mass is 79.9. The van der Waals surface area contributed by atoms with Crippen molar-refractivity contribution in [1.82, 2.24) is 0 Å². The summed E-state index contributed by atoms with van der Waals surface area (Å²) in [6, 6.07) is 0. The van der Waals surface area contributed by atoms with Crippen molar-refractivity contribution in [3.8, 4) is 0 Å². The number of hydrogen-bond donors (Lipinski definition) is 0. The molecule has 0 heterocycles. The summed E-state index contributed by atoms with van der Waals surface area (Å²) < 4.78 is 0. The lowest BCUT2D eigenvalue weighted by Crippen LogP contribution is -2.50. The summed E-state index contributed by atoms with van der Waals surface area (Å²) >= 11 is 5.28. The molecule has 3 saturated carbocycles. The monoisotopic (exact) mass is 564 g/mol. The SMILES string of the molecule is CC(C)CCC[C@H](C)[C@@H]1CC[C@@H]2[C@@H]3CC=C4C[C@@H](SC(=O)[C@@H](Br)C(C)C)CC[C@]4(C)[C@@H]3CC[C@@]21C. The van der Waals surface area contributed by atoms with Crippen LogP contribution in [0.4, 0.5) is 0 Å². The molecular formula is C32H53BrOS. The van der Waals surface area contributed by atoms with E-state index in [0.29, 0.717) is 27.1 Å². The van der Waals surface area contributed by atoms with E-state index in [2.05, 4.69) is 70.5 Å². The minimum atomic E-state index is -0.00961. The topological polar surface area (TPSA) is 17.1 Å². The molecule has 0 aromatic heterocycles. The van der Waals surface area contributed by atoms with Gasteiger partial charge in [-0.15, -0.1) is 0 Å². The Kier molecular flexibility index (Phi) is 9.00. The van der Waals surface area contributed by atoms with E-state index in [1.165, 1.54) is 64.2 Å². The molecule has 35 heavy (non-hydrogen) atoms. The van der Waals surface area contributed by atoms with Crippen molar-refractivity contribution in [3.63, 3.8) is 0 Å². The summed E-state index contributed by atoms with van der Waals surface area (Å²) in [6.45, 7) is 16.9. The molecule has 0 unspecified atom stereocenters. The number of carbonyl (C=O) groups is 1. The lowest BCUT2D eigenvalue weighted by Gasteiger charge is -2.58. The molecule has 4 aliphatic carbocycles. The Morgan fingerprint density at radius 1 is 1.03 bits per heavy atom. The first-order valence-corrected chi connectivity index (χ1v) is 16.8. The molecule has 0 saturated heterocycles. The molecule has 0 aromatic rings. The first kappa shape index (κ1) is 28.3. The van der Waals surface area contributed by atoms with Crippen molar-refractivity contribution >= 4 is 32.8 Å². The normalized spacial score (nSPS) is 40.6. The quantitative estimate of drug-likeness (QED) is 0.215. The van der Waals surface area contributed by atoms with E-state index in [-0.39, 0.29) is 4.83 Å². The summed E-state index contributed by atoms with van der Waals surface area (Å²) in [5.74, 6) is 5.74. The Bertz CT molecular complexity index is 788. The van der Waals surface area contributed by atoms with Crippen molar-refractivity contribution in [2.45, 2.75) is 129 Å². The smallest absolute Gasteiger partial charge is 0.203 e. The first-order chi connectivity index (χ1) is 16.5. The van der Waals surface area contributed by atoms with Crippen LogP contribution in [0.3, 0.4) is 0 Å². The summed E-state index contributed by atoms with van der Waals surface area (Å²) in [7, 11) is 0. The fourth-order valence-electron chi connectivity index (χ4n) is 9.25. The van der Waals surface area contributed by atoms with Crippen LogP contribution in [0.15, 0.2) is 11.6 Å². The van der Waals surface area contributed by atoms with Crippen LogP contribution in [0.5, 0.6) is 0 Å². The van der Waals surface area contributed by atoms with E-state index < -0.39 is 0 Å². The van der Waals surface area contributed by atoms with E-state index in [1.807, 2.05) is 0 Å². The fraction of sp³-hybridized carbons (Fsp3) is 0.906. The van der Waals surface area contributed by atoms with Crippen LogP contribution in [0.2, 0.25) is 0 Å². The molecule has 0 aromatic carbocycles. The van der Waals surface area contributed by atoms with Crippen LogP contribution >= 0.6 is 27.7 Å². The molecule has 0 radical (unpaired) electrons. The summed E-state index contributed by atoms with van der Waals surface area (Å²) in [4.78, 5) is 12.8. The van der Waals surface area contributed by atoms with Gasteiger partial charge in [0.1, 0.15) is 0 Å². The van der Waals surface area contributed by atoms with Gasteiger partial charge in [-0.2, -0.15) is 0 Å². The molecule has 200 valence electrons. The lowest BCUT2D eigenvalue weighted by molar-refractivity contribution is -0.111. The lowest BCUT2D eigenvalue weighted by atomic mass is 9.47. The molecule has 0 spiro atoms. The van der Waals surface area contributed by atoms with Crippen molar-refractivity contribution in [2.24, 2.45) is 52.3 Å². The second-order valence-electron chi connectivity index (χ2n) is 14.2. The Balaban J connectivity index is 1.43. The maximum atomic E-state index is 12.8. The molecule has 0 N–H and O–H groups in total. The Morgan fingerprint density at radius 3 is 2.46 bits per heavy atom. The first-order valence-electron chi connectivity index (χ1n) is 15.0. The maximum absolute atomic E-state index is 12.8. The highest BCUT2D eigenvalue weighted by Crippen LogP contribution is 2.67. The van der Waals surface area contributed by atoms with Crippen molar-refractivity contribution in [2.75, 3.05) is 0 Å². The summed E-state index contributed by atoms with van der Waals surface area (Å²) in [5.41, 5.74) is 2.67. The predicted octanol–water partition coefficient (Wildman–Crippen LogP) is 10.1. The number of rotatable bonds is 8. The van der Waals surface area contributed by atoms with E-state index in [4.69, 9.17) is 0 Å². The van der Waals surface area contributed by atoms with Crippen LogP contribution in [-0.2, 0) is 4.79 Å². The Labute approximate surface area is 229 Å². The van der Waals surface area contributed by atoms with Crippen LogP contribution < -0.4 is 0 Å². The van der Waals surface area contributed by atoms with Crippen molar-refractivity contribution in [3.05, 3.63) is 11.6 Å². The third-order valence-corrected chi connectivity index (χ3v) is 14.4. The molecule has 3 fully saturated rings. The molecular weight excluding hydrogens is 512 g/mol. The minimum absolute atomic E-state index is 0.00961. The van der Waals surface area contributed by atoms with Crippen LogP contribution in [0, 0.1) is 52.3 Å². The summed E-state index contributed by atoms with van der Waals surface area (Å²) in [6.07, 6.45) is 17.7. The Hall–Kier alpha value is 0.240. The zero-order valence-corrected chi connectivity index (χ0v) is 26.1. The molecule has 4 rings (SSSR count). The van der Waals surface area contributed by atoms with Crippen LogP contribution in [0.1, 0.15) is 119 Å². The zero-order valence-electron chi connectivity index (χ0n) is 23.7. The second kappa shape index (κ2) is 11.2. The average Bonchev–Trinajstić information content (AvgIpc) is 3.15. The van der Waals surface area contributed by atoms with E-state index in [1.54, 1.807) is 17.3 Å². The molecule has 9 atom stereocenters. The number of thioether (sulfide) groups is 1. The number of halogens is 1. The van der Waals surface area contributed by atoms with Gasteiger partial charge in [0.05, 0.1) is 4.83 Å². The molecule has 3 heteroatoms. The van der Waals surface area contributed by atoms with Gasteiger partial charge in [-0.25, -0.2) is 0 Å². The van der Waals surface area contributed by atoms with Crippen LogP contribution in [-0.4, -0.2) is 15.2 Å². The number of hydrogen-bond acceptors (Lipinski definition) is 2. The highest BCUT2D eigenvalue weighted by molar-refractivity contribution is 9.10. The highest BCUT2D eigenvalue weighted by Gasteiger charge is 2.59. The van der Waals surface area contributed by atoms with Crippen LogP contribution in [0.25, 0.3) is 0 Å². The zero-order chi connectivity index (χ0) is 25.5. The minimum Gasteiger partial charge on any atom is -0.286 e. The predicted molar refractivity (Wildman–Crippen MR) is 157 cm³/mol. The van der Waals surface area contributed by atoms with Crippen molar-refractivity contribution < 1.29 is 4.79 Å². The van der Waals surface area contributed by atoms with Gasteiger partial charge in [-0.05, 0) is 104 Å². The molecule has 4 aliphatic rings. The number of alkyl halides is 1. The van der Waals surface area contributed by atoms with Crippen molar-refractivity contribution in [1.29, 1.82) is 0 Å². The molecule has 1 nitrogen and oxygen atoms in total. The molecule has 0 bridgehead atoms. The fourth-order valence-corrected chi connectivity index (χ4v) is 10.8. The van der Waals surface area contributed by atoms with Gasteiger partial charge in [0.25, 0.3) is 0 Å². The standard InChI is InChI=1S/C32H53BrOS/c1-20(2)9-8-10-22(5)26-13-14-27-25-12-11-23-19-24(35-30(34)29(33)21(3)4)15-17-31(23,6)28(25)16-18-32(26,27)7/h11,20-22,24-29H,8-10,12-19H2,1-7H3/t22-,24-,25-,26-,27+,28+,29-,31-,32+/m0/s1. The van der Waals surface area contributed by atoms with Gasteiger partial charge < -0.3 is 0 Å². The second-order valence-corrected chi connectivity index (χ2v) is 16.5. The van der Waals surface area contributed by atoms with Gasteiger partial charge in [-0.3, -0.25) is 4.79 Å². The van der Waals surface area contributed by atoms with Gasteiger partial charge in [-0.1, -0.05) is 107 Å². The van der Waals surface area contributed by atoms with Gasteiger partial charge in [0, 0.05) is 5.25 Å². The van der Waals surface area contributed by atoms with Gasteiger partial charge in [0.15, 0.2) is 0 Å². The third-order valence-electron chi connectivity index (χ3n) is 11.4. The largest absolute Gasteiger partial charge is 0.286 e. The number of carbonyl (C=O) groups excluding carboxylic acids is 1. The van der Waals surface area contributed by atoms with E-state index >= 15 is 0 Å². The van der Waals surface area contributed by atoms with Gasteiger partial charge in [0.2, 0.25) is 5.12 Å². The average molecular weight is 566 g/mol. The molecule has 0 aliphatic heterocycles. The number of allylic oxidation sites excluding steroid dienone is 2. The maximum Gasteiger partial charge on any atom is 0.203 e. The molecule has 0 amide bonds. The number of fused-ring (bicyclic) bond motifs is 5. The van der Waals surface area contributed by atoms with E-state index in [0.717, 1.165) is 41.9 Å². The van der Waals surface area contributed by atoms with Gasteiger partial charge >= 0.3 is 0 Å². The Morgan fingerprint density at radius 2 is 1.77 bits per heavy atom. The van der Waals surface area contributed by atoms with E-state index in [9.17, 15) is 4.79 Å².